The van der Waals surface area contributed by atoms with Gasteiger partial charge in [-0.2, -0.15) is 0 Å². The summed E-state index contributed by atoms with van der Waals surface area (Å²) in [5, 5.41) is 1.09. The molecule has 2 aliphatic rings. The minimum atomic E-state index is -0.0114. The number of carbonyl (C=O) groups excluding carboxylic acids is 2. The summed E-state index contributed by atoms with van der Waals surface area (Å²) in [7, 11) is 5.47. The van der Waals surface area contributed by atoms with Crippen LogP contribution in [0.15, 0.2) is 30.5 Å². The van der Waals surface area contributed by atoms with Crippen LogP contribution in [0.25, 0.3) is 10.9 Å². The molecule has 0 saturated carbocycles. The summed E-state index contributed by atoms with van der Waals surface area (Å²) in [5.41, 5.74) is 1.88. The van der Waals surface area contributed by atoms with E-state index in [1.54, 1.807) is 19.0 Å². The molecule has 0 N–H and O–H groups in total. The molecular weight excluding hydrogens is 362 g/mol. The Balaban J connectivity index is 1.33. The molecule has 1 atom stereocenters. The third kappa shape index (κ3) is 3.46. The number of benzene rings is 1. The summed E-state index contributed by atoms with van der Waals surface area (Å²) in [4.78, 5) is 28.0. The van der Waals surface area contributed by atoms with Gasteiger partial charge in [0.1, 0.15) is 6.61 Å². The van der Waals surface area contributed by atoms with Crippen molar-refractivity contribution in [1.82, 2.24) is 14.4 Å². The maximum atomic E-state index is 12.8. The molecule has 27 heavy (non-hydrogen) atoms. The second kappa shape index (κ2) is 6.87. The first-order valence-electron chi connectivity index (χ1n) is 9.17. The van der Waals surface area contributed by atoms with Crippen LogP contribution in [0.1, 0.15) is 16.8 Å². The third-order valence-corrected chi connectivity index (χ3v) is 7.07. The fraction of sp³-hybridized carbons (Fsp3) is 0.500. The molecule has 0 bridgehead atoms. The predicted molar refractivity (Wildman–Crippen MR) is 107 cm³/mol. The van der Waals surface area contributed by atoms with Gasteiger partial charge in [-0.1, -0.05) is 0 Å². The number of aryl methyl sites for hydroxylation is 1. The van der Waals surface area contributed by atoms with Gasteiger partial charge >= 0.3 is 0 Å². The van der Waals surface area contributed by atoms with E-state index in [2.05, 4.69) is 4.57 Å². The Bertz CT molecular complexity index is 886. The van der Waals surface area contributed by atoms with E-state index in [1.165, 1.54) is 0 Å². The number of likely N-dealkylation sites (N-methyl/N-ethyl adjacent to an activating group) is 1. The molecule has 0 unspecified atom stereocenters. The van der Waals surface area contributed by atoms with Crippen molar-refractivity contribution in [3.05, 3.63) is 36.0 Å². The van der Waals surface area contributed by atoms with Crippen molar-refractivity contribution in [2.24, 2.45) is 7.05 Å². The van der Waals surface area contributed by atoms with Crippen molar-refractivity contribution in [2.75, 3.05) is 39.5 Å². The van der Waals surface area contributed by atoms with E-state index in [-0.39, 0.29) is 29.3 Å². The smallest absolute Gasteiger partial charge is 0.253 e. The zero-order chi connectivity index (χ0) is 19.2. The van der Waals surface area contributed by atoms with Crippen molar-refractivity contribution in [3.63, 3.8) is 0 Å². The number of aromatic nitrogens is 1. The molecule has 144 valence electrons. The van der Waals surface area contributed by atoms with Crippen molar-refractivity contribution in [1.29, 1.82) is 0 Å². The molecule has 2 aromatic rings. The third-order valence-electron chi connectivity index (χ3n) is 5.49. The topological polar surface area (TPSA) is 54.8 Å². The zero-order valence-corrected chi connectivity index (χ0v) is 16.8. The summed E-state index contributed by atoms with van der Waals surface area (Å²) in [6, 6.07) is 7.93. The molecule has 1 spiro atoms. The van der Waals surface area contributed by atoms with Crippen LogP contribution in [-0.2, 0) is 16.6 Å². The van der Waals surface area contributed by atoms with Crippen LogP contribution in [0.5, 0.6) is 0 Å². The van der Waals surface area contributed by atoms with E-state index in [1.807, 2.05) is 54.2 Å². The van der Waals surface area contributed by atoms with Gasteiger partial charge in [-0.15, -0.1) is 11.8 Å². The second-order valence-corrected chi connectivity index (χ2v) is 9.27. The molecule has 2 fully saturated rings. The molecule has 2 amide bonds. The van der Waals surface area contributed by atoms with Crippen LogP contribution in [0.2, 0.25) is 0 Å². The SMILES string of the molecule is CN(C)C(=O)CO[C@@H]1CSC2(C1)CN(C(=O)c1ccc3c(ccn3C)c1)C2. The molecule has 2 aliphatic heterocycles. The molecule has 3 heterocycles. The molecule has 1 aromatic heterocycles. The standard InChI is InChI=1S/C20H25N3O3S/c1-21(2)18(24)10-26-16-9-20(27-11-16)12-23(13-20)19(25)15-4-5-17-14(8-15)6-7-22(17)3/h4-8,16H,9-13H2,1-3H3/t16-/m0/s1. The maximum Gasteiger partial charge on any atom is 0.253 e. The average molecular weight is 388 g/mol. The van der Waals surface area contributed by atoms with Gasteiger partial charge in [0.05, 0.1) is 10.9 Å². The lowest BCUT2D eigenvalue weighted by Gasteiger charge is -2.47. The number of rotatable bonds is 4. The van der Waals surface area contributed by atoms with Gasteiger partial charge in [0.15, 0.2) is 0 Å². The molecule has 7 heteroatoms. The highest BCUT2D eigenvalue weighted by Crippen LogP contribution is 2.46. The number of amides is 2. The molecule has 0 radical (unpaired) electrons. The summed E-state index contributed by atoms with van der Waals surface area (Å²) >= 11 is 1.87. The van der Waals surface area contributed by atoms with Crippen LogP contribution >= 0.6 is 11.8 Å². The van der Waals surface area contributed by atoms with Gasteiger partial charge in [-0.05, 0) is 30.7 Å². The number of hydrogen-bond donors (Lipinski definition) is 0. The molecule has 2 saturated heterocycles. The normalized spacial score (nSPS) is 20.9. The van der Waals surface area contributed by atoms with Gasteiger partial charge in [-0.25, -0.2) is 0 Å². The molecule has 4 rings (SSSR count). The van der Waals surface area contributed by atoms with E-state index < -0.39 is 0 Å². The minimum absolute atomic E-state index is 0.0114. The van der Waals surface area contributed by atoms with Crippen molar-refractivity contribution < 1.29 is 14.3 Å². The number of thioether (sulfide) groups is 1. The number of ether oxygens (including phenoxy) is 1. The first-order chi connectivity index (χ1) is 12.9. The van der Waals surface area contributed by atoms with E-state index >= 15 is 0 Å². The Morgan fingerprint density at radius 2 is 2.07 bits per heavy atom. The van der Waals surface area contributed by atoms with Crippen molar-refractivity contribution in [3.8, 4) is 0 Å². The first kappa shape index (κ1) is 18.4. The Morgan fingerprint density at radius 3 is 2.81 bits per heavy atom. The van der Waals surface area contributed by atoms with Crippen molar-refractivity contribution >= 4 is 34.5 Å². The quantitative estimate of drug-likeness (QED) is 0.805. The lowest BCUT2D eigenvalue weighted by atomic mass is 9.92. The van der Waals surface area contributed by atoms with Gasteiger partial charge in [0, 0.05) is 62.6 Å². The lowest BCUT2D eigenvalue weighted by Crippen LogP contribution is -2.60. The predicted octanol–water partition coefficient (Wildman–Crippen LogP) is 1.98. The number of fused-ring (bicyclic) bond motifs is 1. The molecule has 0 aliphatic carbocycles. The van der Waals surface area contributed by atoms with E-state index in [9.17, 15) is 9.59 Å². The van der Waals surface area contributed by atoms with E-state index in [4.69, 9.17) is 4.74 Å². The van der Waals surface area contributed by atoms with E-state index in [0.717, 1.165) is 41.7 Å². The van der Waals surface area contributed by atoms with Crippen LogP contribution in [0, 0.1) is 0 Å². The van der Waals surface area contributed by atoms with Crippen LogP contribution in [0.3, 0.4) is 0 Å². The summed E-state index contributed by atoms with van der Waals surface area (Å²) in [6.45, 7) is 1.64. The largest absolute Gasteiger partial charge is 0.367 e. The Morgan fingerprint density at radius 1 is 1.30 bits per heavy atom. The fourth-order valence-corrected chi connectivity index (χ4v) is 5.39. The molecular formula is C20H25N3O3S. The number of likely N-dealkylation sites (tertiary alicyclic amines) is 1. The minimum Gasteiger partial charge on any atom is -0.367 e. The second-order valence-electron chi connectivity index (χ2n) is 7.78. The van der Waals surface area contributed by atoms with Gasteiger partial charge < -0.3 is 19.1 Å². The van der Waals surface area contributed by atoms with Crippen LogP contribution in [0.4, 0.5) is 0 Å². The molecule has 6 nitrogen and oxygen atoms in total. The van der Waals surface area contributed by atoms with Gasteiger partial charge in [0.2, 0.25) is 5.91 Å². The lowest BCUT2D eigenvalue weighted by molar-refractivity contribution is -0.135. The van der Waals surface area contributed by atoms with E-state index in [0.29, 0.717) is 0 Å². The Labute approximate surface area is 163 Å². The van der Waals surface area contributed by atoms with Crippen LogP contribution < -0.4 is 0 Å². The number of nitrogens with zero attached hydrogens (tertiary/aromatic N) is 3. The Hall–Kier alpha value is -1.99. The number of carbonyl (C=O) groups is 2. The highest BCUT2D eigenvalue weighted by Gasteiger charge is 2.51. The molecule has 1 aromatic carbocycles. The highest BCUT2D eigenvalue weighted by atomic mass is 32.2. The van der Waals surface area contributed by atoms with Crippen molar-refractivity contribution in [2.45, 2.75) is 17.3 Å². The zero-order valence-electron chi connectivity index (χ0n) is 16.0. The first-order valence-corrected chi connectivity index (χ1v) is 10.2. The van der Waals surface area contributed by atoms with Gasteiger partial charge in [-0.3, -0.25) is 9.59 Å². The summed E-state index contributed by atoms with van der Waals surface area (Å²) in [6.07, 6.45) is 3.00. The fourth-order valence-electron chi connectivity index (χ4n) is 3.84. The van der Waals surface area contributed by atoms with Crippen LogP contribution in [-0.4, -0.2) is 76.6 Å². The monoisotopic (exact) mass is 387 g/mol. The van der Waals surface area contributed by atoms with Gasteiger partial charge in [0.25, 0.3) is 5.91 Å². The number of hydrogen-bond acceptors (Lipinski definition) is 4. The highest BCUT2D eigenvalue weighted by molar-refractivity contribution is 8.01. The summed E-state index contributed by atoms with van der Waals surface area (Å²) < 4.78 is 7.92. The average Bonchev–Trinajstić information content (AvgIpc) is 3.21. The summed E-state index contributed by atoms with van der Waals surface area (Å²) in [5.74, 6) is 0.973. The Kier molecular flexibility index (Phi) is 4.68. The maximum absolute atomic E-state index is 12.8.